The van der Waals surface area contributed by atoms with Crippen molar-refractivity contribution in [1.29, 1.82) is 0 Å². The third kappa shape index (κ3) is 6.12. The van der Waals surface area contributed by atoms with Crippen molar-refractivity contribution in [3.05, 3.63) is 87.6 Å². The van der Waals surface area contributed by atoms with Crippen molar-refractivity contribution in [2.45, 2.75) is 44.5 Å². The molecule has 0 aliphatic carbocycles. The van der Waals surface area contributed by atoms with Crippen LogP contribution in [0.1, 0.15) is 52.7 Å². The van der Waals surface area contributed by atoms with Gasteiger partial charge < -0.3 is 5.32 Å². The smallest absolute Gasteiger partial charge is 0.270 e. The minimum absolute atomic E-state index is 0.110. The highest BCUT2D eigenvalue weighted by Gasteiger charge is 2.18. The molecule has 1 N–H and O–H groups in total. The lowest BCUT2D eigenvalue weighted by Gasteiger charge is -2.12. The Kier molecular flexibility index (Phi) is 8.13. The summed E-state index contributed by atoms with van der Waals surface area (Å²) in [5, 5.41) is 15.5. The largest absolute Gasteiger partial charge is 0.351 e. The summed E-state index contributed by atoms with van der Waals surface area (Å²) in [4.78, 5) is 16.9. The van der Waals surface area contributed by atoms with Crippen LogP contribution in [0.4, 0.5) is 0 Å². The summed E-state index contributed by atoms with van der Waals surface area (Å²) in [7, 11) is 0. The van der Waals surface area contributed by atoms with Gasteiger partial charge in [-0.25, -0.2) is 4.98 Å². The fourth-order valence-corrected chi connectivity index (χ4v) is 5.27. The van der Waals surface area contributed by atoms with Crippen LogP contribution in [-0.2, 0) is 12.2 Å². The van der Waals surface area contributed by atoms with Crippen LogP contribution >= 0.6 is 23.1 Å². The molecule has 0 fully saturated rings. The number of carbonyl (C=O) groups is 1. The van der Waals surface area contributed by atoms with Crippen molar-refractivity contribution in [2.24, 2.45) is 5.92 Å². The average molecular weight is 492 g/mol. The number of thioether (sulfide) groups is 1. The summed E-state index contributed by atoms with van der Waals surface area (Å²) in [5.41, 5.74) is 3.90. The first-order valence-corrected chi connectivity index (χ1v) is 13.3. The molecule has 0 saturated heterocycles. The number of hydrogen-bond donors (Lipinski definition) is 1. The van der Waals surface area contributed by atoms with E-state index in [0.717, 1.165) is 33.7 Å². The van der Waals surface area contributed by atoms with Crippen molar-refractivity contribution >= 4 is 29.0 Å². The number of carbonyl (C=O) groups excluding carboxylic acids is 1. The van der Waals surface area contributed by atoms with Gasteiger partial charge in [0, 0.05) is 18.3 Å². The van der Waals surface area contributed by atoms with E-state index in [1.807, 2.05) is 35.7 Å². The molecule has 6 nitrogen and oxygen atoms in total. The first kappa shape index (κ1) is 24.2. The lowest BCUT2D eigenvalue weighted by Crippen LogP contribution is -2.25. The first-order valence-electron chi connectivity index (χ1n) is 11.4. The van der Waals surface area contributed by atoms with E-state index in [2.05, 4.69) is 70.1 Å². The SMILES string of the molecule is Cc1ccccc1-n1c(Cc2ccccc2)nnc1SCc1nc(C(=O)NCCC(C)C)cs1. The Hall–Kier alpha value is -2.97. The predicted octanol–water partition coefficient (Wildman–Crippen LogP) is 5.69. The number of amides is 1. The van der Waals surface area contributed by atoms with Crippen molar-refractivity contribution < 1.29 is 4.79 Å². The van der Waals surface area contributed by atoms with Crippen LogP contribution < -0.4 is 5.32 Å². The van der Waals surface area contributed by atoms with Gasteiger partial charge in [0.05, 0.1) is 11.4 Å². The Morgan fingerprint density at radius 3 is 2.62 bits per heavy atom. The Bertz CT molecular complexity index is 1230. The van der Waals surface area contributed by atoms with Gasteiger partial charge in [0.15, 0.2) is 5.16 Å². The zero-order chi connectivity index (χ0) is 23.9. The molecule has 0 saturated carbocycles. The van der Waals surface area contributed by atoms with Crippen LogP contribution in [0.2, 0.25) is 0 Å². The van der Waals surface area contributed by atoms with E-state index >= 15 is 0 Å². The summed E-state index contributed by atoms with van der Waals surface area (Å²) >= 11 is 3.09. The summed E-state index contributed by atoms with van der Waals surface area (Å²) in [5.74, 6) is 1.97. The Balaban J connectivity index is 1.51. The first-order chi connectivity index (χ1) is 16.5. The van der Waals surface area contributed by atoms with Gasteiger partial charge in [0.1, 0.15) is 16.5 Å². The number of aromatic nitrogens is 4. The standard InChI is InChI=1S/C26H29N5OS2/c1-18(2)13-14-27-25(32)21-16-33-24(28-21)17-34-26-30-29-23(15-20-10-5-4-6-11-20)31(26)22-12-8-7-9-19(22)3/h4-12,16,18H,13-15,17H2,1-3H3,(H,27,32). The third-order valence-electron chi connectivity index (χ3n) is 5.38. The van der Waals surface area contributed by atoms with Gasteiger partial charge in [0.2, 0.25) is 0 Å². The molecule has 34 heavy (non-hydrogen) atoms. The Labute approximate surface area is 208 Å². The van der Waals surface area contributed by atoms with E-state index in [9.17, 15) is 4.79 Å². The van der Waals surface area contributed by atoms with E-state index in [1.54, 1.807) is 11.8 Å². The second-order valence-electron chi connectivity index (χ2n) is 8.54. The number of para-hydroxylation sites is 1. The van der Waals surface area contributed by atoms with Gasteiger partial charge in [-0.2, -0.15) is 0 Å². The molecule has 2 aromatic carbocycles. The second kappa shape index (κ2) is 11.4. The second-order valence-corrected chi connectivity index (χ2v) is 10.4. The molecule has 1 amide bonds. The van der Waals surface area contributed by atoms with E-state index in [0.29, 0.717) is 30.3 Å². The van der Waals surface area contributed by atoms with Gasteiger partial charge in [0.25, 0.3) is 5.91 Å². The number of hydrogen-bond acceptors (Lipinski definition) is 6. The van der Waals surface area contributed by atoms with Crippen molar-refractivity contribution in [2.75, 3.05) is 6.54 Å². The zero-order valence-corrected chi connectivity index (χ0v) is 21.3. The maximum Gasteiger partial charge on any atom is 0.270 e. The van der Waals surface area contributed by atoms with E-state index in [4.69, 9.17) is 0 Å². The fraction of sp³-hybridized carbons (Fsp3) is 0.308. The minimum atomic E-state index is -0.110. The number of thiazole rings is 1. The summed E-state index contributed by atoms with van der Waals surface area (Å²) in [6, 6.07) is 18.6. The number of nitrogens with one attached hydrogen (secondary N) is 1. The number of nitrogens with zero attached hydrogens (tertiary/aromatic N) is 4. The Morgan fingerprint density at radius 1 is 1.09 bits per heavy atom. The molecule has 4 aromatic rings. The molecule has 0 atom stereocenters. The molecule has 8 heteroatoms. The number of rotatable bonds is 10. The molecule has 0 aliphatic heterocycles. The van der Waals surface area contributed by atoms with Crippen LogP contribution in [0.15, 0.2) is 65.1 Å². The van der Waals surface area contributed by atoms with Gasteiger partial charge in [-0.15, -0.1) is 21.5 Å². The zero-order valence-electron chi connectivity index (χ0n) is 19.7. The molecular weight excluding hydrogens is 462 g/mol. The van der Waals surface area contributed by atoms with Crippen LogP contribution in [0.5, 0.6) is 0 Å². The van der Waals surface area contributed by atoms with Crippen molar-refractivity contribution in [1.82, 2.24) is 25.1 Å². The van der Waals surface area contributed by atoms with Gasteiger partial charge in [-0.05, 0) is 36.5 Å². The van der Waals surface area contributed by atoms with E-state index < -0.39 is 0 Å². The average Bonchev–Trinajstić information content (AvgIpc) is 3.46. The summed E-state index contributed by atoms with van der Waals surface area (Å²) < 4.78 is 2.14. The molecular formula is C26H29N5OS2. The highest BCUT2D eigenvalue weighted by atomic mass is 32.2. The monoisotopic (exact) mass is 491 g/mol. The van der Waals surface area contributed by atoms with E-state index in [-0.39, 0.29) is 5.91 Å². The molecule has 176 valence electrons. The number of benzene rings is 2. The van der Waals surface area contributed by atoms with Gasteiger partial charge >= 0.3 is 0 Å². The molecule has 0 bridgehead atoms. The molecule has 2 heterocycles. The maximum absolute atomic E-state index is 12.4. The third-order valence-corrected chi connectivity index (χ3v) is 7.35. The Morgan fingerprint density at radius 2 is 1.85 bits per heavy atom. The lowest BCUT2D eigenvalue weighted by atomic mass is 10.1. The maximum atomic E-state index is 12.4. The quantitative estimate of drug-likeness (QED) is 0.289. The number of aryl methyl sites for hydroxylation is 1. The molecule has 4 rings (SSSR count). The normalized spacial score (nSPS) is 11.2. The molecule has 0 spiro atoms. The molecule has 0 unspecified atom stereocenters. The summed E-state index contributed by atoms with van der Waals surface area (Å²) in [6.07, 6.45) is 1.65. The molecule has 0 aliphatic rings. The predicted molar refractivity (Wildman–Crippen MR) is 139 cm³/mol. The minimum Gasteiger partial charge on any atom is -0.351 e. The summed E-state index contributed by atoms with van der Waals surface area (Å²) in [6.45, 7) is 7.06. The van der Waals surface area contributed by atoms with Crippen LogP contribution in [0.3, 0.4) is 0 Å². The van der Waals surface area contributed by atoms with Crippen molar-refractivity contribution in [3.8, 4) is 5.69 Å². The van der Waals surface area contributed by atoms with Gasteiger partial charge in [-0.3, -0.25) is 9.36 Å². The van der Waals surface area contributed by atoms with Crippen molar-refractivity contribution in [3.63, 3.8) is 0 Å². The lowest BCUT2D eigenvalue weighted by molar-refractivity contribution is 0.0947. The van der Waals surface area contributed by atoms with Gasteiger partial charge in [-0.1, -0.05) is 74.1 Å². The van der Waals surface area contributed by atoms with Crippen LogP contribution in [-0.4, -0.2) is 32.2 Å². The molecule has 0 radical (unpaired) electrons. The highest BCUT2D eigenvalue weighted by molar-refractivity contribution is 7.98. The molecule has 2 aromatic heterocycles. The van der Waals surface area contributed by atoms with Crippen LogP contribution in [0, 0.1) is 12.8 Å². The topological polar surface area (TPSA) is 72.7 Å². The fourth-order valence-electron chi connectivity index (χ4n) is 3.52. The highest BCUT2D eigenvalue weighted by Crippen LogP contribution is 2.28. The van der Waals surface area contributed by atoms with Crippen LogP contribution in [0.25, 0.3) is 5.69 Å². The van der Waals surface area contributed by atoms with E-state index in [1.165, 1.54) is 16.9 Å².